The quantitative estimate of drug-likeness (QED) is 0.811. The Kier molecular flexibility index (Phi) is 5.94. The zero-order valence-electron chi connectivity index (χ0n) is 13.0. The third-order valence-electron chi connectivity index (χ3n) is 3.03. The Morgan fingerprint density at radius 2 is 2.05 bits per heavy atom. The van der Waals surface area contributed by atoms with Gasteiger partial charge in [-0.05, 0) is 37.6 Å². The number of benzene rings is 1. The van der Waals surface area contributed by atoms with Gasteiger partial charge in [0.15, 0.2) is 0 Å². The van der Waals surface area contributed by atoms with E-state index in [0.717, 1.165) is 17.7 Å². The molecule has 1 N–H and O–H groups in total. The van der Waals surface area contributed by atoms with E-state index < -0.39 is 0 Å². The molecule has 0 saturated heterocycles. The van der Waals surface area contributed by atoms with Crippen molar-refractivity contribution < 1.29 is 14.1 Å². The fourth-order valence-corrected chi connectivity index (χ4v) is 1.91. The molecule has 6 nitrogen and oxygen atoms in total. The molecule has 1 aromatic heterocycles. The van der Waals surface area contributed by atoms with Crippen LogP contribution in [0.3, 0.4) is 0 Å². The number of aryl methyl sites for hydroxylation is 1. The SMILES string of the molecule is CCCNC(=O)CCc1nc(-c2ccc(OCC)cc2)no1. The van der Waals surface area contributed by atoms with Crippen molar-refractivity contribution in [3.8, 4) is 17.1 Å². The number of rotatable bonds is 8. The van der Waals surface area contributed by atoms with Gasteiger partial charge in [-0.25, -0.2) is 0 Å². The molecular formula is C16H21N3O3. The van der Waals surface area contributed by atoms with E-state index in [-0.39, 0.29) is 5.91 Å². The summed E-state index contributed by atoms with van der Waals surface area (Å²) in [6.07, 6.45) is 1.72. The Bertz CT molecular complexity index is 593. The maximum atomic E-state index is 11.5. The molecule has 0 aliphatic carbocycles. The minimum absolute atomic E-state index is 0.00247. The summed E-state index contributed by atoms with van der Waals surface area (Å²) in [6, 6.07) is 7.50. The number of ether oxygens (including phenoxy) is 1. The molecule has 2 aromatic rings. The summed E-state index contributed by atoms with van der Waals surface area (Å²) in [5.41, 5.74) is 0.855. The second-order valence-corrected chi connectivity index (χ2v) is 4.82. The molecule has 2 rings (SSSR count). The Hall–Kier alpha value is -2.37. The maximum absolute atomic E-state index is 11.5. The van der Waals surface area contributed by atoms with Gasteiger partial charge in [0.1, 0.15) is 5.75 Å². The van der Waals surface area contributed by atoms with Crippen LogP contribution in [0.4, 0.5) is 0 Å². The fraction of sp³-hybridized carbons (Fsp3) is 0.438. The molecule has 6 heteroatoms. The molecule has 0 unspecified atom stereocenters. The smallest absolute Gasteiger partial charge is 0.227 e. The summed E-state index contributed by atoms with van der Waals surface area (Å²) in [5.74, 6) is 1.80. The molecule has 1 aromatic carbocycles. The molecule has 118 valence electrons. The number of aromatic nitrogens is 2. The largest absolute Gasteiger partial charge is 0.494 e. The third kappa shape index (κ3) is 4.58. The van der Waals surface area contributed by atoms with Crippen molar-refractivity contribution in [2.24, 2.45) is 0 Å². The zero-order chi connectivity index (χ0) is 15.8. The van der Waals surface area contributed by atoms with Gasteiger partial charge >= 0.3 is 0 Å². The van der Waals surface area contributed by atoms with Crippen molar-refractivity contribution in [2.75, 3.05) is 13.2 Å². The van der Waals surface area contributed by atoms with Gasteiger partial charge < -0.3 is 14.6 Å². The first-order chi connectivity index (χ1) is 10.7. The molecule has 0 saturated carbocycles. The second-order valence-electron chi connectivity index (χ2n) is 4.82. The van der Waals surface area contributed by atoms with Gasteiger partial charge in [-0.15, -0.1) is 0 Å². The lowest BCUT2D eigenvalue weighted by Gasteiger charge is -2.02. The lowest BCUT2D eigenvalue weighted by atomic mass is 10.2. The van der Waals surface area contributed by atoms with E-state index in [9.17, 15) is 4.79 Å². The minimum atomic E-state index is 0.00247. The summed E-state index contributed by atoms with van der Waals surface area (Å²) in [5, 5.41) is 6.76. The van der Waals surface area contributed by atoms with E-state index >= 15 is 0 Å². The van der Waals surface area contributed by atoms with Gasteiger partial charge in [-0.2, -0.15) is 4.98 Å². The molecule has 1 amide bonds. The predicted octanol–water partition coefficient (Wildman–Crippen LogP) is 2.59. The van der Waals surface area contributed by atoms with Crippen LogP contribution in [0.2, 0.25) is 0 Å². The molecule has 22 heavy (non-hydrogen) atoms. The molecule has 0 atom stereocenters. The monoisotopic (exact) mass is 303 g/mol. The van der Waals surface area contributed by atoms with Gasteiger partial charge in [0.05, 0.1) is 6.61 Å². The van der Waals surface area contributed by atoms with Crippen LogP contribution in [0.25, 0.3) is 11.4 Å². The average molecular weight is 303 g/mol. The van der Waals surface area contributed by atoms with Crippen molar-refractivity contribution in [1.29, 1.82) is 0 Å². The molecular weight excluding hydrogens is 282 g/mol. The number of amides is 1. The molecule has 0 aliphatic rings. The maximum Gasteiger partial charge on any atom is 0.227 e. The molecule has 1 heterocycles. The topological polar surface area (TPSA) is 77.2 Å². The van der Waals surface area contributed by atoms with Crippen molar-refractivity contribution in [3.05, 3.63) is 30.2 Å². The minimum Gasteiger partial charge on any atom is -0.494 e. The lowest BCUT2D eigenvalue weighted by Crippen LogP contribution is -2.24. The predicted molar refractivity (Wildman–Crippen MR) is 82.5 cm³/mol. The summed E-state index contributed by atoms with van der Waals surface area (Å²) in [7, 11) is 0. The number of carbonyl (C=O) groups is 1. The third-order valence-corrected chi connectivity index (χ3v) is 3.03. The van der Waals surface area contributed by atoms with Gasteiger partial charge in [-0.1, -0.05) is 12.1 Å². The highest BCUT2D eigenvalue weighted by atomic mass is 16.5. The summed E-state index contributed by atoms with van der Waals surface area (Å²) < 4.78 is 10.6. The lowest BCUT2D eigenvalue weighted by molar-refractivity contribution is -0.121. The molecule has 0 radical (unpaired) electrons. The highest BCUT2D eigenvalue weighted by Gasteiger charge is 2.10. The van der Waals surface area contributed by atoms with E-state index in [0.29, 0.717) is 37.7 Å². The Labute approximate surface area is 129 Å². The zero-order valence-corrected chi connectivity index (χ0v) is 13.0. The second kappa shape index (κ2) is 8.17. The van der Waals surface area contributed by atoms with Crippen molar-refractivity contribution in [2.45, 2.75) is 33.1 Å². The molecule has 0 spiro atoms. The van der Waals surface area contributed by atoms with Crippen LogP contribution in [0, 0.1) is 0 Å². The first kappa shape index (κ1) is 16.0. The van der Waals surface area contributed by atoms with Gasteiger partial charge in [0.2, 0.25) is 17.6 Å². The number of carbonyl (C=O) groups excluding carboxylic acids is 1. The van der Waals surface area contributed by atoms with Crippen molar-refractivity contribution >= 4 is 5.91 Å². The van der Waals surface area contributed by atoms with E-state index in [1.807, 2.05) is 38.1 Å². The van der Waals surface area contributed by atoms with Crippen LogP contribution in [-0.2, 0) is 11.2 Å². The van der Waals surface area contributed by atoms with Crippen molar-refractivity contribution in [3.63, 3.8) is 0 Å². The number of nitrogens with one attached hydrogen (secondary N) is 1. The Morgan fingerprint density at radius 3 is 2.73 bits per heavy atom. The van der Waals surface area contributed by atoms with Crippen LogP contribution < -0.4 is 10.1 Å². The molecule has 0 bridgehead atoms. The Morgan fingerprint density at radius 1 is 1.27 bits per heavy atom. The number of hydrogen-bond acceptors (Lipinski definition) is 5. The Balaban J connectivity index is 1.91. The highest BCUT2D eigenvalue weighted by molar-refractivity contribution is 5.75. The van der Waals surface area contributed by atoms with Crippen molar-refractivity contribution in [1.82, 2.24) is 15.5 Å². The number of nitrogens with zero attached hydrogens (tertiary/aromatic N) is 2. The highest BCUT2D eigenvalue weighted by Crippen LogP contribution is 2.20. The van der Waals surface area contributed by atoms with E-state index in [1.165, 1.54) is 0 Å². The van der Waals surface area contributed by atoms with Gasteiger partial charge in [0.25, 0.3) is 0 Å². The first-order valence-corrected chi connectivity index (χ1v) is 7.55. The normalized spacial score (nSPS) is 10.5. The molecule has 0 fully saturated rings. The number of hydrogen-bond donors (Lipinski definition) is 1. The standard InChI is InChI=1S/C16H21N3O3/c1-3-11-17-14(20)9-10-15-18-16(19-22-15)12-5-7-13(8-6-12)21-4-2/h5-8H,3-4,9-11H2,1-2H3,(H,17,20). The van der Waals surface area contributed by atoms with Crippen LogP contribution >= 0.6 is 0 Å². The fourth-order valence-electron chi connectivity index (χ4n) is 1.91. The summed E-state index contributed by atoms with van der Waals surface area (Å²) in [4.78, 5) is 15.8. The van der Waals surface area contributed by atoms with Gasteiger partial charge in [0, 0.05) is 24.9 Å². The van der Waals surface area contributed by atoms with Crippen LogP contribution in [-0.4, -0.2) is 29.2 Å². The average Bonchev–Trinajstić information content (AvgIpc) is 3.01. The first-order valence-electron chi connectivity index (χ1n) is 7.55. The summed E-state index contributed by atoms with van der Waals surface area (Å²) >= 11 is 0. The molecule has 0 aliphatic heterocycles. The van der Waals surface area contributed by atoms with Crippen LogP contribution in [0.1, 0.15) is 32.6 Å². The van der Waals surface area contributed by atoms with E-state index in [4.69, 9.17) is 9.26 Å². The van der Waals surface area contributed by atoms with Gasteiger partial charge in [-0.3, -0.25) is 4.79 Å². The van der Waals surface area contributed by atoms with Crippen LogP contribution in [0.15, 0.2) is 28.8 Å². The van der Waals surface area contributed by atoms with E-state index in [2.05, 4.69) is 15.5 Å². The summed E-state index contributed by atoms with van der Waals surface area (Å²) in [6.45, 7) is 5.28. The van der Waals surface area contributed by atoms with Crippen LogP contribution in [0.5, 0.6) is 5.75 Å². The van der Waals surface area contributed by atoms with E-state index in [1.54, 1.807) is 0 Å².